The number of nitrogens with zero attached hydrogens (tertiary/aromatic N) is 2. The zero-order chi connectivity index (χ0) is 15.5. The van der Waals surface area contributed by atoms with Crippen molar-refractivity contribution >= 4 is 21.4 Å². The normalized spacial score (nSPS) is 10.7. The van der Waals surface area contributed by atoms with Crippen molar-refractivity contribution in [2.75, 3.05) is 17.1 Å². The van der Waals surface area contributed by atoms with E-state index in [-0.39, 0.29) is 16.1 Å². The van der Waals surface area contributed by atoms with Gasteiger partial charge in [-0.2, -0.15) is 5.26 Å². The number of anilines is 2. The van der Waals surface area contributed by atoms with Crippen molar-refractivity contribution in [2.45, 2.75) is 4.90 Å². The third-order valence-electron chi connectivity index (χ3n) is 2.68. The molecule has 0 saturated carbocycles. The Morgan fingerprint density at radius 3 is 2.76 bits per heavy atom. The molecule has 0 bridgehead atoms. The predicted molar refractivity (Wildman–Crippen MR) is 75.7 cm³/mol. The summed E-state index contributed by atoms with van der Waals surface area (Å²) in [7, 11) is -2.32. The van der Waals surface area contributed by atoms with Gasteiger partial charge in [0.15, 0.2) is 0 Å². The Bertz CT molecular complexity index is 815. The molecule has 1 aromatic heterocycles. The molecule has 0 unspecified atom stereocenters. The molecular formula is C13H11FN4O2S. The number of halogens is 1. The minimum absolute atomic E-state index is 0.0460. The van der Waals surface area contributed by atoms with E-state index in [0.717, 1.165) is 12.1 Å². The Balaban J connectivity index is 2.40. The molecule has 0 fully saturated rings. The van der Waals surface area contributed by atoms with Crippen molar-refractivity contribution in [3.8, 4) is 6.07 Å². The number of benzene rings is 1. The largest absolute Gasteiger partial charge is 0.387 e. The van der Waals surface area contributed by atoms with E-state index in [2.05, 4.69) is 15.0 Å². The smallest absolute Gasteiger partial charge is 0.265 e. The van der Waals surface area contributed by atoms with Crippen molar-refractivity contribution in [1.82, 2.24) is 4.98 Å². The topological polar surface area (TPSA) is 94.9 Å². The molecule has 2 rings (SSSR count). The summed E-state index contributed by atoms with van der Waals surface area (Å²) in [6.45, 7) is 0. The van der Waals surface area contributed by atoms with Gasteiger partial charge < -0.3 is 5.32 Å². The van der Waals surface area contributed by atoms with Crippen molar-refractivity contribution in [1.29, 1.82) is 5.26 Å². The van der Waals surface area contributed by atoms with E-state index in [9.17, 15) is 12.8 Å². The lowest BCUT2D eigenvalue weighted by Gasteiger charge is -2.11. The molecule has 0 aliphatic carbocycles. The summed E-state index contributed by atoms with van der Waals surface area (Å²) in [6.07, 6.45) is 2.65. The molecule has 6 nitrogen and oxygen atoms in total. The van der Waals surface area contributed by atoms with Crippen LogP contribution in [-0.2, 0) is 10.0 Å². The molecule has 8 heteroatoms. The van der Waals surface area contributed by atoms with Gasteiger partial charge in [-0.15, -0.1) is 0 Å². The van der Waals surface area contributed by atoms with Crippen molar-refractivity contribution in [3.63, 3.8) is 0 Å². The number of sulfonamides is 1. The van der Waals surface area contributed by atoms with E-state index in [4.69, 9.17) is 5.26 Å². The third-order valence-corrected chi connectivity index (χ3v) is 4.09. The molecule has 1 heterocycles. The highest BCUT2D eigenvalue weighted by Crippen LogP contribution is 2.23. The van der Waals surface area contributed by atoms with Gasteiger partial charge >= 0.3 is 0 Å². The second-order valence-corrected chi connectivity index (χ2v) is 5.68. The molecule has 0 radical (unpaired) electrons. The maximum Gasteiger partial charge on any atom is 0.265 e. The monoisotopic (exact) mass is 306 g/mol. The van der Waals surface area contributed by atoms with Crippen LogP contribution in [0.2, 0.25) is 0 Å². The molecule has 0 aliphatic heterocycles. The quantitative estimate of drug-likeness (QED) is 0.900. The fourth-order valence-corrected chi connectivity index (χ4v) is 2.89. The molecule has 108 valence electrons. The van der Waals surface area contributed by atoms with E-state index in [1.54, 1.807) is 13.1 Å². The first-order chi connectivity index (χ1) is 9.97. The number of rotatable bonds is 4. The number of nitrogens with one attached hydrogen (secondary N) is 2. The SMILES string of the molecule is CNc1ccncc1S(=O)(=O)Nc1ccc(F)c(C#N)c1. The zero-order valence-electron chi connectivity index (χ0n) is 11.0. The van der Waals surface area contributed by atoms with Crippen LogP contribution in [0.3, 0.4) is 0 Å². The number of aromatic nitrogens is 1. The molecule has 0 atom stereocenters. The summed E-state index contributed by atoms with van der Waals surface area (Å²) in [5.41, 5.74) is 0.231. The fraction of sp³-hybridized carbons (Fsp3) is 0.0769. The van der Waals surface area contributed by atoms with Gasteiger partial charge in [0.2, 0.25) is 0 Å². The van der Waals surface area contributed by atoms with E-state index < -0.39 is 15.8 Å². The van der Waals surface area contributed by atoms with E-state index >= 15 is 0 Å². The minimum Gasteiger partial charge on any atom is -0.387 e. The highest BCUT2D eigenvalue weighted by Gasteiger charge is 2.19. The van der Waals surface area contributed by atoms with Gasteiger partial charge in [-0.1, -0.05) is 0 Å². The lowest BCUT2D eigenvalue weighted by atomic mass is 10.2. The zero-order valence-corrected chi connectivity index (χ0v) is 11.8. The lowest BCUT2D eigenvalue weighted by Crippen LogP contribution is -2.15. The van der Waals surface area contributed by atoms with Crippen molar-refractivity contribution in [3.05, 3.63) is 48.0 Å². The van der Waals surface area contributed by atoms with E-state index in [1.807, 2.05) is 0 Å². The summed E-state index contributed by atoms with van der Waals surface area (Å²) in [5, 5.41) is 11.5. The number of hydrogen-bond acceptors (Lipinski definition) is 5. The maximum atomic E-state index is 13.2. The van der Waals surface area contributed by atoms with Gasteiger partial charge in [0.05, 0.1) is 16.9 Å². The molecule has 2 N–H and O–H groups in total. The number of pyridine rings is 1. The van der Waals surface area contributed by atoms with Crippen LogP contribution in [0.4, 0.5) is 15.8 Å². The molecule has 21 heavy (non-hydrogen) atoms. The average molecular weight is 306 g/mol. The first-order valence-electron chi connectivity index (χ1n) is 5.82. The number of nitriles is 1. The van der Waals surface area contributed by atoms with Crippen molar-refractivity contribution < 1.29 is 12.8 Å². The van der Waals surface area contributed by atoms with Gasteiger partial charge in [-0.05, 0) is 24.3 Å². The summed E-state index contributed by atoms with van der Waals surface area (Å²) in [5.74, 6) is -0.710. The molecule has 0 aliphatic rings. The van der Waals surface area contributed by atoms with Gasteiger partial charge in [0.25, 0.3) is 10.0 Å². The second-order valence-electron chi connectivity index (χ2n) is 4.03. The van der Waals surface area contributed by atoms with Crippen LogP contribution in [0.5, 0.6) is 0 Å². The standard InChI is InChI=1S/C13H11FN4O2S/c1-16-12-4-5-17-8-13(12)21(19,20)18-10-2-3-11(14)9(6-10)7-15/h2-6,8,18H,1H3,(H,16,17). The Hall–Kier alpha value is -2.66. The van der Waals surface area contributed by atoms with Crippen LogP contribution >= 0.6 is 0 Å². The van der Waals surface area contributed by atoms with Gasteiger partial charge in [-0.3, -0.25) is 9.71 Å². The molecule has 1 aromatic carbocycles. The van der Waals surface area contributed by atoms with E-state index in [1.165, 1.54) is 24.5 Å². The molecule has 0 spiro atoms. The Labute approximate surface area is 121 Å². The van der Waals surface area contributed by atoms with Gasteiger partial charge in [0.1, 0.15) is 16.8 Å². The van der Waals surface area contributed by atoms with Gasteiger partial charge in [-0.25, -0.2) is 12.8 Å². The Morgan fingerprint density at radius 2 is 2.10 bits per heavy atom. The van der Waals surface area contributed by atoms with Gasteiger partial charge in [0, 0.05) is 19.4 Å². The van der Waals surface area contributed by atoms with Crippen LogP contribution in [-0.4, -0.2) is 20.4 Å². The summed E-state index contributed by atoms with van der Waals surface area (Å²) < 4.78 is 40.1. The highest BCUT2D eigenvalue weighted by molar-refractivity contribution is 7.92. The summed E-state index contributed by atoms with van der Waals surface area (Å²) in [4.78, 5) is 3.73. The van der Waals surface area contributed by atoms with Crippen LogP contribution in [0.25, 0.3) is 0 Å². The van der Waals surface area contributed by atoms with Crippen LogP contribution in [0.1, 0.15) is 5.56 Å². The highest BCUT2D eigenvalue weighted by atomic mass is 32.2. The molecule has 2 aromatic rings. The molecular weight excluding hydrogens is 295 g/mol. The molecule has 0 saturated heterocycles. The average Bonchev–Trinajstić information content (AvgIpc) is 2.49. The number of hydrogen-bond donors (Lipinski definition) is 2. The Kier molecular flexibility index (Phi) is 4.05. The van der Waals surface area contributed by atoms with E-state index in [0.29, 0.717) is 5.69 Å². The van der Waals surface area contributed by atoms with Crippen LogP contribution in [0.15, 0.2) is 41.6 Å². The predicted octanol–water partition coefficient (Wildman–Crippen LogP) is 1.93. The fourth-order valence-electron chi connectivity index (χ4n) is 1.69. The summed E-state index contributed by atoms with van der Waals surface area (Å²) >= 11 is 0. The first kappa shape index (κ1) is 14.7. The second kappa shape index (κ2) is 5.76. The van der Waals surface area contributed by atoms with Crippen LogP contribution < -0.4 is 10.0 Å². The minimum atomic E-state index is -3.90. The van der Waals surface area contributed by atoms with Crippen LogP contribution in [0, 0.1) is 17.1 Å². The molecule has 0 amide bonds. The first-order valence-corrected chi connectivity index (χ1v) is 7.30. The summed E-state index contributed by atoms with van der Waals surface area (Å²) in [6, 6.07) is 6.56. The Morgan fingerprint density at radius 1 is 1.33 bits per heavy atom. The lowest BCUT2D eigenvalue weighted by molar-refractivity contribution is 0.601. The maximum absolute atomic E-state index is 13.2. The third kappa shape index (κ3) is 3.09. The van der Waals surface area contributed by atoms with Crippen molar-refractivity contribution in [2.24, 2.45) is 0 Å².